The van der Waals surface area contributed by atoms with Crippen molar-refractivity contribution in [1.29, 1.82) is 0 Å². The molecule has 0 atom stereocenters. The van der Waals surface area contributed by atoms with Gasteiger partial charge in [-0.05, 0) is 17.0 Å². The zero-order chi connectivity index (χ0) is 10.7. The molecule has 0 saturated carbocycles. The van der Waals surface area contributed by atoms with Crippen LogP contribution in [0.3, 0.4) is 0 Å². The van der Waals surface area contributed by atoms with Crippen LogP contribution in [0.5, 0.6) is 0 Å². The first-order valence-corrected chi connectivity index (χ1v) is 5.96. The lowest BCUT2D eigenvalue weighted by atomic mass is 10.0. The van der Waals surface area contributed by atoms with Gasteiger partial charge in [0.1, 0.15) is 0 Å². The van der Waals surface area contributed by atoms with Gasteiger partial charge in [0.2, 0.25) is 0 Å². The first-order valence-electron chi connectivity index (χ1n) is 5.08. The maximum Gasteiger partial charge on any atom is 0.0763 e. The molecule has 1 aromatic heterocycles. The molecule has 0 radical (unpaired) electrons. The summed E-state index contributed by atoms with van der Waals surface area (Å²) in [4.78, 5) is 1.33. The van der Waals surface area contributed by atoms with Gasteiger partial charge in [0.15, 0.2) is 0 Å². The topological polar surface area (TPSA) is 0 Å². The molecule has 0 aliphatic heterocycles. The zero-order valence-corrected chi connectivity index (χ0v) is 9.68. The average Bonchev–Trinajstić information content (AvgIpc) is 2.75. The summed E-state index contributed by atoms with van der Waals surface area (Å²) in [6, 6.07) is 10.7. The van der Waals surface area contributed by atoms with E-state index in [0.29, 0.717) is 0 Å². The van der Waals surface area contributed by atoms with Crippen LogP contribution in [-0.4, -0.2) is 0 Å². The Morgan fingerprint density at radius 2 is 2.20 bits per heavy atom. The van der Waals surface area contributed by atoms with Gasteiger partial charge in [-0.2, -0.15) is 18.6 Å². The van der Waals surface area contributed by atoms with Crippen molar-refractivity contribution in [2.75, 3.05) is 0 Å². The van der Waals surface area contributed by atoms with E-state index in [4.69, 9.17) is 0 Å². The molecular formula is C14H14S. The number of hydrogen-bond donors (Lipinski definition) is 0. The predicted molar refractivity (Wildman–Crippen MR) is 67.9 cm³/mol. The highest BCUT2D eigenvalue weighted by molar-refractivity contribution is 7.13. The summed E-state index contributed by atoms with van der Waals surface area (Å²) < 4.78 is 0. The Kier molecular flexibility index (Phi) is 3.02. The van der Waals surface area contributed by atoms with Crippen molar-refractivity contribution in [2.45, 2.75) is 13.3 Å². The van der Waals surface area contributed by atoms with Crippen LogP contribution in [0.15, 0.2) is 35.7 Å². The summed E-state index contributed by atoms with van der Waals surface area (Å²) in [5.41, 5.74) is 3.76. The summed E-state index contributed by atoms with van der Waals surface area (Å²) in [5.74, 6) is 0. The molecule has 0 saturated heterocycles. The van der Waals surface area contributed by atoms with Crippen molar-refractivity contribution in [2.24, 2.45) is 0 Å². The van der Waals surface area contributed by atoms with Gasteiger partial charge in [-0.25, -0.2) is 0 Å². The number of thiophene rings is 1. The van der Waals surface area contributed by atoms with Crippen LogP contribution in [0.2, 0.25) is 0 Å². The predicted octanol–water partition coefficient (Wildman–Crippen LogP) is 4.36. The van der Waals surface area contributed by atoms with Crippen LogP contribution in [-0.2, 0) is 6.42 Å². The lowest BCUT2D eigenvalue weighted by Crippen LogP contribution is -1.89. The van der Waals surface area contributed by atoms with Crippen LogP contribution < -0.4 is 0 Å². The molecule has 0 amide bonds. The Labute approximate surface area is 95.6 Å². The summed E-state index contributed by atoms with van der Waals surface area (Å²) >= 11 is 1.78. The van der Waals surface area contributed by atoms with E-state index >= 15 is 0 Å². The molecule has 2 rings (SSSR count). The van der Waals surface area contributed by atoms with Crippen molar-refractivity contribution >= 4 is 11.3 Å². The lowest BCUT2D eigenvalue weighted by molar-refractivity contribution is 1.13. The first kappa shape index (κ1) is 10.2. The molecule has 0 bridgehead atoms. The third-order valence-corrected chi connectivity index (χ3v) is 3.35. The minimum absolute atomic E-state index is 0.998. The number of benzene rings is 1. The van der Waals surface area contributed by atoms with Crippen LogP contribution in [0.25, 0.3) is 10.4 Å². The minimum atomic E-state index is 0.998. The highest BCUT2D eigenvalue weighted by Crippen LogP contribution is 2.26. The Bertz CT molecular complexity index is 427. The monoisotopic (exact) mass is 214 g/mol. The number of hydrogen-bond acceptors (Lipinski definition) is 1. The molecule has 1 heteroatoms. The van der Waals surface area contributed by atoms with E-state index < -0.39 is 0 Å². The summed E-state index contributed by atoms with van der Waals surface area (Å²) in [6.45, 7) is 6.13. The molecule has 0 nitrogen and oxygen atoms in total. The molecule has 76 valence electrons. The van der Waals surface area contributed by atoms with Gasteiger partial charge >= 0.3 is 0 Å². The quantitative estimate of drug-likeness (QED) is 0.666. The van der Waals surface area contributed by atoms with Gasteiger partial charge in [0, 0.05) is 4.88 Å². The SMILES string of the molecule is [CH2-]c1ccc(-c2cccs2)cc1C[CH+]C. The lowest BCUT2D eigenvalue weighted by Gasteiger charge is -2.11. The van der Waals surface area contributed by atoms with Gasteiger partial charge < -0.3 is 0 Å². The Hall–Kier alpha value is -1.34. The van der Waals surface area contributed by atoms with Crippen LogP contribution in [0.1, 0.15) is 18.1 Å². The average molecular weight is 214 g/mol. The normalized spacial score (nSPS) is 10.2. The first-order chi connectivity index (χ1) is 7.31. The van der Waals surface area contributed by atoms with Crippen molar-refractivity contribution in [3.05, 3.63) is 60.2 Å². The summed E-state index contributed by atoms with van der Waals surface area (Å²) in [7, 11) is 0. The fraction of sp³-hybridized carbons (Fsp3) is 0.143. The van der Waals surface area contributed by atoms with Crippen LogP contribution in [0.4, 0.5) is 0 Å². The largest absolute Gasteiger partial charge is 0.198 e. The molecule has 0 aliphatic rings. The molecule has 0 unspecified atom stereocenters. The van der Waals surface area contributed by atoms with Crippen molar-refractivity contribution in [1.82, 2.24) is 0 Å². The molecule has 0 spiro atoms. The zero-order valence-electron chi connectivity index (χ0n) is 8.86. The van der Waals surface area contributed by atoms with E-state index in [1.54, 1.807) is 11.3 Å². The second-order valence-corrected chi connectivity index (χ2v) is 4.52. The minimum Gasteiger partial charge on any atom is -0.198 e. The Morgan fingerprint density at radius 1 is 1.33 bits per heavy atom. The Balaban J connectivity index is 2.38. The van der Waals surface area contributed by atoms with Gasteiger partial charge in [-0.3, -0.25) is 0 Å². The fourth-order valence-electron chi connectivity index (χ4n) is 1.63. The van der Waals surface area contributed by atoms with E-state index in [9.17, 15) is 0 Å². The molecule has 1 aromatic carbocycles. The molecule has 0 N–H and O–H groups in total. The van der Waals surface area contributed by atoms with Gasteiger partial charge in [-0.15, -0.1) is 29.0 Å². The summed E-state index contributed by atoms with van der Waals surface area (Å²) in [6.07, 6.45) is 3.17. The highest BCUT2D eigenvalue weighted by atomic mass is 32.1. The molecule has 2 aromatic rings. The van der Waals surface area contributed by atoms with E-state index in [1.165, 1.54) is 16.0 Å². The highest BCUT2D eigenvalue weighted by Gasteiger charge is 1.99. The van der Waals surface area contributed by atoms with Gasteiger partial charge in [0.05, 0.1) is 19.8 Å². The molecule has 0 fully saturated rings. The van der Waals surface area contributed by atoms with Gasteiger partial charge in [0.25, 0.3) is 0 Å². The molecular weight excluding hydrogens is 200 g/mol. The standard InChI is InChI=1S/C14H14S/c1-3-5-12-10-13(8-7-11(12)2)14-6-4-9-15-14/h3-4,6-10H,2,5H2,1H3. The molecule has 1 heterocycles. The molecule has 0 aliphatic carbocycles. The van der Waals surface area contributed by atoms with E-state index in [0.717, 1.165) is 12.0 Å². The third kappa shape index (κ3) is 2.18. The smallest absolute Gasteiger partial charge is 0.0763 e. The van der Waals surface area contributed by atoms with Crippen molar-refractivity contribution in [3.8, 4) is 10.4 Å². The van der Waals surface area contributed by atoms with Crippen molar-refractivity contribution in [3.63, 3.8) is 0 Å². The van der Waals surface area contributed by atoms with E-state index in [2.05, 4.69) is 56.0 Å². The van der Waals surface area contributed by atoms with Crippen molar-refractivity contribution < 1.29 is 0 Å². The fourth-order valence-corrected chi connectivity index (χ4v) is 2.36. The summed E-state index contributed by atoms with van der Waals surface area (Å²) in [5, 5.41) is 2.11. The third-order valence-electron chi connectivity index (χ3n) is 2.44. The maximum atomic E-state index is 4.04. The second-order valence-electron chi connectivity index (χ2n) is 3.57. The molecule has 15 heavy (non-hydrogen) atoms. The van der Waals surface area contributed by atoms with Crippen LogP contribution in [0, 0.1) is 13.3 Å². The van der Waals surface area contributed by atoms with Gasteiger partial charge in [-0.1, -0.05) is 6.07 Å². The van der Waals surface area contributed by atoms with E-state index in [1.807, 2.05) is 0 Å². The second kappa shape index (κ2) is 4.45. The maximum absolute atomic E-state index is 4.04. The van der Waals surface area contributed by atoms with Crippen LogP contribution >= 0.6 is 11.3 Å². The number of rotatable bonds is 3. The van der Waals surface area contributed by atoms with E-state index in [-0.39, 0.29) is 0 Å². The Morgan fingerprint density at radius 3 is 2.87 bits per heavy atom.